The minimum atomic E-state index is -2.93. The Morgan fingerprint density at radius 2 is 1.88 bits per heavy atom. The summed E-state index contributed by atoms with van der Waals surface area (Å²) in [5.41, 5.74) is 1.45. The Bertz CT molecular complexity index is 776. The van der Waals surface area contributed by atoms with Crippen molar-refractivity contribution < 1.29 is 23.0 Å². The molecule has 0 saturated heterocycles. The maximum atomic E-state index is 12.7. The van der Waals surface area contributed by atoms with Crippen LogP contribution in [0.1, 0.15) is 26.3 Å². The highest BCUT2D eigenvalue weighted by Crippen LogP contribution is 2.37. The van der Waals surface area contributed by atoms with E-state index in [1.807, 2.05) is 6.07 Å². The van der Waals surface area contributed by atoms with Gasteiger partial charge in [-0.2, -0.15) is 8.78 Å². The molecule has 2 aromatic carbocycles. The van der Waals surface area contributed by atoms with E-state index in [-0.39, 0.29) is 12.3 Å². The van der Waals surface area contributed by atoms with Gasteiger partial charge in [-0.1, -0.05) is 30.3 Å². The molecule has 0 spiro atoms. The van der Waals surface area contributed by atoms with Crippen molar-refractivity contribution in [3.8, 4) is 16.9 Å². The van der Waals surface area contributed by atoms with Gasteiger partial charge in [0.05, 0.1) is 4.47 Å². The molecule has 0 fully saturated rings. The molecule has 4 nitrogen and oxygen atoms in total. The number of carbonyl (C=O) groups is 1. The van der Waals surface area contributed by atoms with Gasteiger partial charge < -0.3 is 14.8 Å². The zero-order valence-electron chi connectivity index (χ0n) is 14.7. The van der Waals surface area contributed by atoms with Crippen LogP contribution in [0.4, 0.5) is 13.6 Å². The van der Waals surface area contributed by atoms with Gasteiger partial charge in [0.2, 0.25) is 0 Å². The summed E-state index contributed by atoms with van der Waals surface area (Å²) in [5, 5.41) is 2.67. The fraction of sp³-hybridized carbons (Fsp3) is 0.316. The average molecular weight is 428 g/mol. The van der Waals surface area contributed by atoms with Gasteiger partial charge in [0.15, 0.2) is 0 Å². The van der Waals surface area contributed by atoms with Crippen molar-refractivity contribution >= 4 is 22.0 Å². The molecule has 1 amide bonds. The minimum Gasteiger partial charge on any atom is -0.444 e. The van der Waals surface area contributed by atoms with Gasteiger partial charge in [-0.15, -0.1) is 0 Å². The fourth-order valence-corrected chi connectivity index (χ4v) is 2.74. The Morgan fingerprint density at radius 1 is 1.19 bits per heavy atom. The lowest BCUT2D eigenvalue weighted by Gasteiger charge is -2.19. The number of hydrogen-bond donors (Lipinski definition) is 1. The predicted molar refractivity (Wildman–Crippen MR) is 99.3 cm³/mol. The molecule has 1 N–H and O–H groups in total. The number of benzene rings is 2. The Labute approximate surface area is 159 Å². The monoisotopic (exact) mass is 427 g/mol. The normalized spacial score (nSPS) is 11.3. The van der Waals surface area contributed by atoms with Gasteiger partial charge in [-0.3, -0.25) is 0 Å². The zero-order valence-corrected chi connectivity index (χ0v) is 16.3. The largest absolute Gasteiger partial charge is 0.444 e. The highest BCUT2D eigenvalue weighted by atomic mass is 79.9. The van der Waals surface area contributed by atoms with Gasteiger partial charge in [0.1, 0.15) is 11.4 Å². The van der Waals surface area contributed by atoms with E-state index in [9.17, 15) is 13.6 Å². The van der Waals surface area contributed by atoms with E-state index >= 15 is 0 Å². The highest BCUT2D eigenvalue weighted by molar-refractivity contribution is 9.10. The van der Waals surface area contributed by atoms with Crippen LogP contribution in [0.15, 0.2) is 46.9 Å². The third-order valence-corrected chi connectivity index (χ3v) is 3.87. The molecule has 0 aliphatic rings. The zero-order chi connectivity index (χ0) is 19.3. The third kappa shape index (κ3) is 5.98. The molecule has 0 heterocycles. The Balaban J connectivity index is 2.20. The molecule has 0 aliphatic carbocycles. The van der Waals surface area contributed by atoms with Gasteiger partial charge in [0, 0.05) is 12.1 Å². The lowest BCUT2D eigenvalue weighted by atomic mass is 10.0. The molecule has 0 aliphatic heterocycles. The lowest BCUT2D eigenvalue weighted by molar-refractivity contribution is -0.0499. The summed E-state index contributed by atoms with van der Waals surface area (Å²) in [7, 11) is 0. The van der Waals surface area contributed by atoms with E-state index in [1.54, 1.807) is 57.2 Å². The van der Waals surface area contributed by atoms with Crippen molar-refractivity contribution in [3.05, 3.63) is 52.5 Å². The SMILES string of the molecule is CC(C)(C)OC(=O)NCc1cccc(-c2cccc(Br)c2OC(F)F)c1. The number of rotatable bonds is 5. The summed E-state index contributed by atoms with van der Waals surface area (Å²) < 4.78 is 35.7. The molecule has 140 valence electrons. The number of nitrogens with one attached hydrogen (secondary N) is 1. The molecule has 26 heavy (non-hydrogen) atoms. The Hall–Kier alpha value is -2.15. The second-order valence-electron chi connectivity index (χ2n) is 6.55. The summed E-state index contributed by atoms with van der Waals surface area (Å²) in [4.78, 5) is 11.8. The first-order valence-electron chi connectivity index (χ1n) is 7.95. The highest BCUT2D eigenvalue weighted by Gasteiger charge is 2.17. The van der Waals surface area contributed by atoms with Gasteiger partial charge >= 0.3 is 12.7 Å². The van der Waals surface area contributed by atoms with E-state index in [1.165, 1.54) is 0 Å². The first kappa shape index (κ1) is 20.2. The maximum Gasteiger partial charge on any atom is 0.407 e. The number of carbonyl (C=O) groups excluding carboxylic acids is 1. The van der Waals surface area contributed by atoms with E-state index in [4.69, 9.17) is 4.74 Å². The van der Waals surface area contributed by atoms with Crippen molar-refractivity contribution in [3.63, 3.8) is 0 Å². The molecule has 2 aromatic rings. The van der Waals surface area contributed by atoms with Crippen molar-refractivity contribution in [2.24, 2.45) is 0 Å². The molecule has 0 unspecified atom stereocenters. The number of para-hydroxylation sites is 1. The molecule has 7 heteroatoms. The molecule has 0 radical (unpaired) electrons. The van der Waals surface area contributed by atoms with Crippen molar-refractivity contribution in [2.75, 3.05) is 0 Å². The Kier molecular flexibility index (Phi) is 6.58. The number of alkyl halides is 2. The van der Waals surface area contributed by atoms with E-state index in [0.717, 1.165) is 5.56 Å². The molecule has 0 atom stereocenters. The maximum absolute atomic E-state index is 12.7. The topological polar surface area (TPSA) is 47.6 Å². The summed E-state index contributed by atoms with van der Waals surface area (Å²) in [6, 6.07) is 12.3. The number of amides is 1. The molecule has 2 rings (SSSR count). The number of alkyl carbamates (subject to hydrolysis) is 1. The van der Waals surface area contributed by atoms with Crippen LogP contribution in [0.2, 0.25) is 0 Å². The van der Waals surface area contributed by atoms with Crippen LogP contribution in [-0.4, -0.2) is 18.3 Å². The van der Waals surface area contributed by atoms with Crippen molar-refractivity contribution in [1.29, 1.82) is 0 Å². The van der Waals surface area contributed by atoms with Gasteiger partial charge in [-0.05, 0) is 60.0 Å². The fourth-order valence-electron chi connectivity index (χ4n) is 2.28. The van der Waals surface area contributed by atoms with Crippen LogP contribution < -0.4 is 10.1 Å². The first-order chi connectivity index (χ1) is 12.2. The van der Waals surface area contributed by atoms with Gasteiger partial charge in [0.25, 0.3) is 0 Å². The van der Waals surface area contributed by atoms with Crippen molar-refractivity contribution in [2.45, 2.75) is 39.5 Å². The quantitative estimate of drug-likeness (QED) is 0.661. The van der Waals surface area contributed by atoms with Crippen LogP contribution in [0.3, 0.4) is 0 Å². The van der Waals surface area contributed by atoms with E-state index in [0.29, 0.717) is 15.6 Å². The van der Waals surface area contributed by atoms with Crippen LogP contribution in [-0.2, 0) is 11.3 Å². The smallest absolute Gasteiger partial charge is 0.407 e. The van der Waals surface area contributed by atoms with Crippen LogP contribution in [0.25, 0.3) is 11.1 Å². The second kappa shape index (κ2) is 8.49. The third-order valence-electron chi connectivity index (χ3n) is 3.25. The number of ether oxygens (including phenoxy) is 2. The Morgan fingerprint density at radius 3 is 2.54 bits per heavy atom. The molecule has 0 aromatic heterocycles. The average Bonchev–Trinajstić information content (AvgIpc) is 2.53. The number of hydrogen-bond acceptors (Lipinski definition) is 3. The van der Waals surface area contributed by atoms with Crippen LogP contribution in [0, 0.1) is 0 Å². The summed E-state index contributed by atoms with van der Waals surface area (Å²) in [6.45, 7) is 2.67. The van der Waals surface area contributed by atoms with Crippen LogP contribution >= 0.6 is 15.9 Å². The standard InChI is InChI=1S/C19H20BrF2NO3/c1-19(2,3)26-18(24)23-11-12-6-4-7-13(10-12)14-8-5-9-15(20)16(14)25-17(21)22/h4-10,17H,11H2,1-3H3,(H,23,24). The van der Waals surface area contributed by atoms with Crippen LogP contribution in [0.5, 0.6) is 5.75 Å². The summed E-state index contributed by atoms with van der Waals surface area (Å²) >= 11 is 3.24. The second-order valence-corrected chi connectivity index (χ2v) is 7.41. The predicted octanol–water partition coefficient (Wildman–Crippen LogP) is 5.74. The summed E-state index contributed by atoms with van der Waals surface area (Å²) in [6.07, 6.45) is -0.521. The molecular weight excluding hydrogens is 408 g/mol. The first-order valence-corrected chi connectivity index (χ1v) is 8.74. The van der Waals surface area contributed by atoms with E-state index < -0.39 is 18.3 Å². The number of halogens is 3. The molecule has 0 bridgehead atoms. The van der Waals surface area contributed by atoms with Crippen molar-refractivity contribution in [1.82, 2.24) is 5.32 Å². The van der Waals surface area contributed by atoms with Gasteiger partial charge in [-0.25, -0.2) is 4.79 Å². The summed E-state index contributed by atoms with van der Waals surface area (Å²) in [5.74, 6) is 0.0692. The molecular formula is C19H20BrF2NO3. The lowest BCUT2D eigenvalue weighted by Crippen LogP contribution is -2.32. The minimum absolute atomic E-state index is 0.0692. The molecule has 0 saturated carbocycles. The van der Waals surface area contributed by atoms with E-state index in [2.05, 4.69) is 26.0 Å².